The van der Waals surface area contributed by atoms with E-state index in [4.69, 9.17) is 25.8 Å². The Morgan fingerprint density at radius 3 is 2.09 bits per heavy atom. The largest absolute Gasteiger partial charge is 0.495 e. The number of anilines is 1. The summed E-state index contributed by atoms with van der Waals surface area (Å²) in [7, 11) is -0.323. The van der Waals surface area contributed by atoms with Gasteiger partial charge in [-0.3, -0.25) is 13.9 Å². The van der Waals surface area contributed by atoms with Gasteiger partial charge in [-0.2, -0.15) is 0 Å². The number of hydrogen-bond acceptors (Lipinski definition) is 7. The minimum absolute atomic E-state index is 0.00646. The molecular weight excluding hydrogens is 625 g/mol. The Kier molecular flexibility index (Phi) is 12.5. The highest BCUT2D eigenvalue weighted by Gasteiger charge is 2.35. The highest BCUT2D eigenvalue weighted by Crippen LogP contribution is 2.37. The third-order valence-electron chi connectivity index (χ3n) is 7.28. The molecule has 2 atom stereocenters. The number of nitrogens with zero attached hydrogens (tertiary/aromatic N) is 2. The first-order valence-corrected chi connectivity index (χ1v) is 16.1. The van der Waals surface area contributed by atoms with Gasteiger partial charge in [0.1, 0.15) is 24.2 Å². The summed E-state index contributed by atoms with van der Waals surface area (Å²) in [5, 5.41) is 3.12. The van der Waals surface area contributed by atoms with Crippen molar-refractivity contribution in [3.8, 4) is 17.2 Å². The molecule has 3 aromatic carbocycles. The molecule has 244 valence electrons. The number of carbonyl (C=O) groups excluding carboxylic acids is 2. The number of nitrogens with one attached hydrogen (secondary N) is 1. The van der Waals surface area contributed by atoms with Crippen LogP contribution in [0.5, 0.6) is 17.2 Å². The molecule has 0 spiro atoms. The van der Waals surface area contributed by atoms with E-state index in [-0.39, 0.29) is 46.1 Å². The quantitative estimate of drug-likeness (QED) is 0.231. The molecule has 45 heavy (non-hydrogen) atoms. The van der Waals surface area contributed by atoms with Gasteiger partial charge in [0.05, 0.1) is 31.9 Å². The van der Waals surface area contributed by atoms with Crippen LogP contribution in [0.4, 0.5) is 10.1 Å². The van der Waals surface area contributed by atoms with Crippen molar-refractivity contribution in [2.45, 2.75) is 57.1 Å². The molecule has 0 radical (unpaired) electrons. The van der Waals surface area contributed by atoms with E-state index < -0.39 is 40.2 Å². The zero-order valence-electron chi connectivity index (χ0n) is 26.2. The molecule has 0 bridgehead atoms. The molecule has 0 aliphatic heterocycles. The van der Waals surface area contributed by atoms with Gasteiger partial charge in [-0.15, -0.1) is 0 Å². The number of methoxy groups -OCH3 is 3. The minimum Gasteiger partial charge on any atom is -0.495 e. The van der Waals surface area contributed by atoms with E-state index in [9.17, 15) is 22.4 Å². The van der Waals surface area contributed by atoms with Crippen LogP contribution in [0.2, 0.25) is 5.02 Å². The van der Waals surface area contributed by atoms with Crippen LogP contribution in [-0.2, 0) is 26.2 Å². The molecule has 0 saturated heterocycles. The molecule has 0 fully saturated rings. The van der Waals surface area contributed by atoms with E-state index in [0.29, 0.717) is 17.7 Å². The van der Waals surface area contributed by atoms with Crippen molar-refractivity contribution >= 4 is 39.1 Å². The van der Waals surface area contributed by atoms with Crippen molar-refractivity contribution in [2.24, 2.45) is 0 Å². The molecule has 3 rings (SSSR count). The second kappa shape index (κ2) is 15.8. The van der Waals surface area contributed by atoms with E-state index >= 15 is 0 Å². The maximum Gasteiger partial charge on any atom is 0.265 e. The van der Waals surface area contributed by atoms with Gasteiger partial charge in [0.25, 0.3) is 10.0 Å². The predicted octanol–water partition coefficient (Wildman–Crippen LogP) is 5.42. The van der Waals surface area contributed by atoms with Crippen LogP contribution in [-0.4, -0.2) is 65.1 Å². The van der Waals surface area contributed by atoms with Gasteiger partial charge in [-0.05, 0) is 67.8 Å². The van der Waals surface area contributed by atoms with Gasteiger partial charge in [0, 0.05) is 23.7 Å². The van der Waals surface area contributed by atoms with Crippen LogP contribution < -0.4 is 23.8 Å². The van der Waals surface area contributed by atoms with Crippen LogP contribution in [0, 0.1) is 5.82 Å². The fourth-order valence-corrected chi connectivity index (χ4v) is 6.22. The van der Waals surface area contributed by atoms with E-state index in [1.807, 2.05) is 13.8 Å². The van der Waals surface area contributed by atoms with E-state index in [1.54, 1.807) is 6.92 Å². The van der Waals surface area contributed by atoms with Gasteiger partial charge < -0.3 is 24.4 Å². The molecule has 1 N–H and O–H groups in total. The molecule has 13 heteroatoms. The maximum absolute atomic E-state index is 14.3. The van der Waals surface area contributed by atoms with Gasteiger partial charge in [-0.1, -0.05) is 37.6 Å². The van der Waals surface area contributed by atoms with Crippen LogP contribution >= 0.6 is 11.6 Å². The van der Waals surface area contributed by atoms with Gasteiger partial charge in [0.2, 0.25) is 11.8 Å². The SMILES string of the molecule is CC[C@@H](C)NC(=O)[C@@H](CC)N(Cc1ccc(F)cc1)C(=O)CN(c1cc(Cl)ccc1OC)S(=O)(=O)c1ccc(OC)c(OC)c1. The number of benzene rings is 3. The topological polar surface area (TPSA) is 114 Å². The molecule has 0 aliphatic carbocycles. The summed E-state index contributed by atoms with van der Waals surface area (Å²) in [6, 6.07) is 12.9. The highest BCUT2D eigenvalue weighted by molar-refractivity contribution is 7.92. The average Bonchev–Trinajstić information content (AvgIpc) is 3.03. The Balaban J connectivity index is 2.17. The monoisotopic (exact) mass is 663 g/mol. The molecule has 2 amide bonds. The lowest BCUT2D eigenvalue weighted by atomic mass is 10.1. The summed E-state index contributed by atoms with van der Waals surface area (Å²) in [6.45, 7) is 4.72. The van der Waals surface area contributed by atoms with Gasteiger partial charge in [0.15, 0.2) is 11.5 Å². The molecule has 0 saturated carbocycles. The van der Waals surface area contributed by atoms with Crippen molar-refractivity contribution < 1.29 is 36.6 Å². The molecule has 0 aliphatic rings. The first kappa shape index (κ1) is 35.4. The Morgan fingerprint density at radius 2 is 1.51 bits per heavy atom. The number of halogens is 2. The smallest absolute Gasteiger partial charge is 0.265 e. The third-order valence-corrected chi connectivity index (χ3v) is 9.28. The number of sulfonamides is 1. The number of hydrogen-bond donors (Lipinski definition) is 1. The summed E-state index contributed by atoms with van der Waals surface area (Å²) in [4.78, 5) is 28.8. The Hall–Kier alpha value is -4.03. The number of rotatable bonds is 15. The first-order valence-electron chi connectivity index (χ1n) is 14.3. The van der Waals surface area contributed by atoms with Crippen LogP contribution in [0.25, 0.3) is 0 Å². The van der Waals surface area contributed by atoms with Crippen molar-refractivity contribution in [3.05, 3.63) is 77.1 Å². The van der Waals surface area contributed by atoms with E-state index in [2.05, 4.69) is 5.32 Å². The fourth-order valence-electron chi connectivity index (χ4n) is 4.62. The molecular formula is C32H39ClFN3O7S. The lowest BCUT2D eigenvalue weighted by Crippen LogP contribution is -2.53. The highest BCUT2D eigenvalue weighted by atomic mass is 35.5. The summed E-state index contributed by atoms with van der Waals surface area (Å²) in [5.41, 5.74) is 0.557. The normalized spacial score (nSPS) is 12.5. The van der Waals surface area contributed by atoms with Gasteiger partial charge >= 0.3 is 0 Å². The molecule has 10 nitrogen and oxygen atoms in total. The zero-order valence-corrected chi connectivity index (χ0v) is 27.7. The van der Waals surface area contributed by atoms with Crippen molar-refractivity contribution in [1.82, 2.24) is 10.2 Å². The maximum atomic E-state index is 14.3. The molecule has 0 unspecified atom stereocenters. The number of amides is 2. The Morgan fingerprint density at radius 1 is 0.889 bits per heavy atom. The Labute approximate surface area is 269 Å². The molecule has 0 heterocycles. The van der Waals surface area contributed by atoms with Crippen LogP contribution in [0.1, 0.15) is 39.2 Å². The van der Waals surface area contributed by atoms with Crippen molar-refractivity contribution in [3.63, 3.8) is 0 Å². The minimum atomic E-state index is -4.48. The molecule has 0 aromatic heterocycles. The summed E-state index contributed by atoms with van der Waals surface area (Å²) >= 11 is 6.30. The predicted molar refractivity (Wildman–Crippen MR) is 171 cm³/mol. The summed E-state index contributed by atoms with van der Waals surface area (Å²) in [5.74, 6) is -0.925. The van der Waals surface area contributed by atoms with Gasteiger partial charge in [-0.25, -0.2) is 12.8 Å². The lowest BCUT2D eigenvalue weighted by Gasteiger charge is -2.34. The standard InChI is InChI=1S/C32H39ClFN3O7S/c1-7-21(3)35-32(39)26(8-2)36(19-22-9-12-24(34)13-10-22)31(38)20-37(27-17-23(33)11-15-28(27)42-4)45(40,41)25-14-16-29(43-5)30(18-25)44-6/h9-18,21,26H,7-8,19-20H2,1-6H3,(H,35,39)/t21-,26-/m1/s1. The Bertz CT molecular complexity index is 1590. The van der Waals surface area contributed by atoms with Crippen molar-refractivity contribution in [2.75, 3.05) is 32.2 Å². The summed E-state index contributed by atoms with van der Waals surface area (Å²) in [6.07, 6.45) is 0.901. The summed E-state index contributed by atoms with van der Waals surface area (Å²) < 4.78 is 59.3. The average molecular weight is 664 g/mol. The first-order chi connectivity index (χ1) is 21.4. The van der Waals surface area contributed by atoms with Crippen LogP contribution in [0.3, 0.4) is 0 Å². The lowest BCUT2D eigenvalue weighted by molar-refractivity contribution is -0.140. The number of ether oxygens (including phenoxy) is 3. The molecule has 3 aromatic rings. The second-order valence-corrected chi connectivity index (χ2v) is 12.5. The second-order valence-electron chi connectivity index (χ2n) is 10.2. The number of carbonyl (C=O) groups is 2. The van der Waals surface area contributed by atoms with Crippen molar-refractivity contribution in [1.29, 1.82) is 0 Å². The zero-order chi connectivity index (χ0) is 33.3. The van der Waals surface area contributed by atoms with Crippen LogP contribution in [0.15, 0.2) is 65.6 Å². The van der Waals surface area contributed by atoms with E-state index in [1.165, 1.54) is 86.9 Å². The fraction of sp³-hybridized carbons (Fsp3) is 0.375. The van der Waals surface area contributed by atoms with E-state index in [0.717, 1.165) is 4.31 Å². The third kappa shape index (κ3) is 8.58.